The van der Waals surface area contributed by atoms with Crippen LogP contribution in [0.2, 0.25) is 0 Å². The van der Waals surface area contributed by atoms with E-state index in [2.05, 4.69) is 37.8 Å². The molecule has 0 unspecified atom stereocenters. The van der Waals surface area contributed by atoms with Crippen molar-refractivity contribution in [1.82, 2.24) is 9.88 Å². The first-order valence-electron chi connectivity index (χ1n) is 4.19. The third-order valence-corrected chi connectivity index (χ3v) is 2.82. The topological polar surface area (TPSA) is 16.1 Å². The van der Waals surface area contributed by atoms with Crippen molar-refractivity contribution in [2.24, 2.45) is 0 Å². The molecule has 1 aromatic rings. The highest BCUT2D eigenvalue weighted by molar-refractivity contribution is 7.11. The standard InChI is InChI=1S/C9H16N2S/c1-7(2)9-10-5-8(12-9)6-11(3)4/h5,7H,6H2,1-4H3. The second-order valence-electron chi connectivity index (χ2n) is 3.56. The van der Waals surface area contributed by atoms with Crippen molar-refractivity contribution in [3.8, 4) is 0 Å². The molecule has 0 aliphatic rings. The van der Waals surface area contributed by atoms with Crippen molar-refractivity contribution >= 4 is 11.3 Å². The number of rotatable bonds is 3. The lowest BCUT2D eigenvalue weighted by atomic mass is 10.2. The van der Waals surface area contributed by atoms with E-state index < -0.39 is 0 Å². The molecule has 1 heterocycles. The second kappa shape index (κ2) is 4.01. The van der Waals surface area contributed by atoms with Gasteiger partial charge in [0.15, 0.2) is 0 Å². The molecule has 3 heteroatoms. The molecule has 0 aliphatic carbocycles. The molecule has 0 bridgehead atoms. The van der Waals surface area contributed by atoms with E-state index in [0.717, 1.165) is 6.54 Å². The number of hydrogen-bond donors (Lipinski definition) is 0. The second-order valence-corrected chi connectivity index (χ2v) is 4.70. The molecular formula is C9H16N2S. The van der Waals surface area contributed by atoms with Gasteiger partial charge in [-0.25, -0.2) is 4.98 Å². The Morgan fingerprint density at radius 2 is 2.17 bits per heavy atom. The third kappa shape index (κ3) is 2.57. The van der Waals surface area contributed by atoms with Gasteiger partial charge in [0.05, 0.1) is 5.01 Å². The van der Waals surface area contributed by atoms with Crippen molar-refractivity contribution in [3.63, 3.8) is 0 Å². The quantitative estimate of drug-likeness (QED) is 0.716. The first-order valence-corrected chi connectivity index (χ1v) is 5.00. The van der Waals surface area contributed by atoms with Gasteiger partial charge in [-0.1, -0.05) is 13.8 Å². The number of nitrogens with zero attached hydrogens (tertiary/aromatic N) is 2. The van der Waals surface area contributed by atoms with Gasteiger partial charge in [0, 0.05) is 23.5 Å². The minimum Gasteiger partial charge on any atom is -0.304 e. The lowest BCUT2D eigenvalue weighted by Gasteiger charge is -2.05. The summed E-state index contributed by atoms with van der Waals surface area (Å²) in [4.78, 5) is 7.88. The Morgan fingerprint density at radius 1 is 1.50 bits per heavy atom. The lowest BCUT2D eigenvalue weighted by molar-refractivity contribution is 0.406. The summed E-state index contributed by atoms with van der Waals surface area (Å²) in [6.07, 6.45) is 1.99. The van der Waals surface area contributed by atoms with Crippen LogP contribution in [0, 0.1) is 0 Å². The molecule has 0 radical (unpaired) electrons. The van der Waals surface area contributed by atoms with Crippen LogP contribution in [-0.2, 0) is 6.54 Å². The molecule has 0 saturated carbocycles. The van der Waals surface area contributed by atoms with Gasteiger partial charge in [0.25, 0.3) is 0 Å². The Labute approximate surface area is 78.2 Å². The van der Waals surface area contributed by atoms with Crippen LogP contribution in [0.25, 0.3) is 0 Å². The summed E-state index contributed by atoms with van der Waals surface area (Å²) in [5.74, 6) is 0.561. The molecule has 1 rings (SSSR count). The van der Waals surface area contributed by atoms with E-state index in [1.54, 1.807) is 0 Å². The van der Waals surface area contributed by atoms with Crippen LogP contribution in [0.3, 0.4) is 0 Å². The van der Waals surface area contributed by atoms with E-state index in [9.17, 15) is 0 Å². The predicted molar refractivity (Wildman–Crippen MR) is 53.6 cm³/mol. The maximum Gasteiger partial charge on any atom is 0.0953 e. The van der Waals surface area contributed by atoms with E-state index in [4.69, 9.17) is 0 Å². The predicted octanol–water partition coefficient (Wildman–Crippen LogP) is 2.33. The van der Waals surface area contributed by atoms with Gasteiger partial charge in [0.2, 0.25) is 0 Å². The van der Waals surface area contributed by atoms with Crippen molar-refractivity contribution < 1.29 is 0 Å². The number of aromatic nitrogens is 1. The smallest absolute Gasteiger partial charge is 0.0953 e. The van der Waals surface area contributed by atoms with E-state index in [0.29, 0.717) is 5.92 Å². The van der Waals surface area contributed by atoms with Crippen LogP contribution < -0.4 is 0 Å². The van der Waals surface area contributed by atoms with Crippen molar-refractivity contribution in [3.05, 3.63) is 16.1 Å². The fourth-order valence-corrected chi connectivity index (χ4v) is 2.01. The van der Waals surface area contributed by atoms with Crippen LogP contribution >= 0.6 is 11.3 Å². The highest BCUT2D eigenvalue weighted by atomic mass is 32.1. The van der Waals surface area contributed by atoms with E-state index in [1.165, 1.54) is 9.88 Å². The summed E-state index contributed by atoms with van der Waals surface area (Å²) >= 11 is 1.82. The fourth-order valence-electron chi connectivity index (χ4n) is 0.974. The van der Waals surface area contributed by atoms with Crippen molar-refractivity contribution in [1.29, 1.82) is 0 Å². The molecular weight excluding hydrogens is 168 g/mol. The normalized spacial score (nSPS) is 11.5. The summed E-state index contributed by atoms with van der Waals surface area (Å²) in [6, 6.07) is 0. The van der Waals surface area contributed by atoms with Gasteiger partial charge < -0.3 is 4.90 Å². The van der Waals surface area contributed by atoms with E-state index >= 15 is 0 Å². The van der Waals surface area contributed by atoms with Crippen LogP contribution in [-0.4, -0.2) is 24.0 Å². The Kier molecular flexibility index (Phi) is 3.23. The Balaban J connectivity index is 2.64. The van der Waals surface area contributed by atoms with Crippen molar-refractivity contribution in [2.45, 2.75) is 26.3 Å². The minimum absolute atomic E-state index is 0.561. The Bertz CT molecular complexity index is 240. The number of hydrogen-bond acceptors (Lipinski definition) is 3. The van der Waals surface area contributed by atoms with Gasteiger partial charge in [-0.2, -0.15) is 0 Å². The third-order valence-electron chi connectivity index (χ3n) is 1.54. The molecule has 0 N–H and O–H groups in total. The Morgan fingerprint density at radius 3 is 2.58 bits per heavy atom. The highest BCUT2D eigenvalue weighted by Crippen LogP contribution is 2.21. The molecule has 0 saturated heterocycles. The van der Waals surface area contributed by atoms with Gasteiger partial charge >= 0.3 is 0 Å². The highest BCUT2D eigenvalue weighted by Gasteiger charge is 2.05. The number of thiazole rings is 1. The average Bonchev–Trinajstić information content (AvgIpc) is 2.34. The zero-order valence-electron chi connectivity index (χ0n) is 8.16. The SMILES string of the molecule is CC(C)c1ncc(CN(C)C)s1. The lowest BCUT2D eigenvalue weighted by Crippen LogP contribution is -2.09. The summed E-state index contributed by atoms with van der Waals surface area (Å²) in [5.41, 5.74) is 0. The minimum atomic E-state index is 0.561. The van der Waals surface area contributed by atoms with Crippen LogP contribution in [0.15, 0.2) is 6.20 Å². The largest absolute Gasteiger partial charge is 0.304 e. The first kappa shape index (κ1) is 9.68. The maximum atomic E-state index is 4.36. The average molecular weight is 184 g/mol. The molecule has 0 fully saturated rings. The fraction of sp³-hybridized carbons (Fsp3) is 0.667. The van der Waals surface area contributed by atoms with Crippen LogP contribution in [0.1, 0.15) is 29.7 Å². The summed E-state index contributed by atoms with van der Waals surface area (Å²) in [5, 5.41) is 1.24. The van der Waals surface area contributed by atoms with Gasteiger partial charge in [-0.3, -0.25) is 0 Å². The summed E-state index contributed by atoms with van der Waals surface area (Å²) < 4.78 is 0. The van der Waals surface area contributed by atoms with E-state index in [1.807, 2.05) is 17.5 Å². The molecule has 0 aromatic carbocycles. The molecule has 0 aliphatic heterocycles. The molecule has 0 amide bonds. The summed E-state index contributed by atoms with van der Waals surface area (Å²) in [7, 11) is 4.16. The molecule has 68 valence electrons. The van der Waals surface area contributed by atoms with Crippen molar-refractivity contribution in [2.75, 3.05) is 14.1 Å². The maximum absolute atomic E-state index is 4.36. The zero-order valence-corrected chi connectivity index (χ0v) is 8.98. The molecule has 12 heavy (non-hydrogen) atoms. The van der Waals surface area contributed by atoms with E-state index in [-0.39, 0.29) is 0 Å². The van der Waals surface area contributed by atoms with Gasteiger partial charge in [-0.05, 0) is 14.1 Å². The van der Waals surface area contributed by atoms with Crippen LogP contribution in [0.4, 0.5) is 0 Å². The molecule has 2 nitrogen and oxygen atoms in total. The molecule has 0 spiro atoms. The van der Waals surface area contributed by atoms with Gasteiger partial charge in [0.1, 0.15) is 0 Å². The summed E-state index contributed by atoms with van der Waals surface area (Å²) in [6.45, 7) is 5.36. The molecule has 1 aromatic heterocycles. The van der Waals surface area contributed by atoms with Gasteiger partial charge in [-0.15, -0.1) is 11.3 Å². The van der Waals surface area contributed by atoms with Crippen LogP contribution in [0.5, 0.6) is 0 Å². The first-order chi connectivity index (χ1) is 5.59. The zero-order chi connectivity index (χ0) is 9.14. The molecule has 0 atom stereocenters. The monoisotopic (exact) mass is 184 g/mol. The Hall–Kier alpha value is -0.410.